The largest absolute Gasteiger partial charge is 0.456 e. The van der Waals surface area contributed by atoms with Crippen molar-refractivity contribution >= 4 is 22.9 Å². The number of hydrogen-bond acceptors (Lipinski definition) is 6. The lowest BCUT2D eigenvalue weighted by atomic mass is 10.2. The number of furan rings is 1. The molecule has 0 radical (unpaired) electrons. The van der Waals surface area contributed by atoms with Gasteiger partial charge in [-0.15, -0.1) is 11.3 Å². The van der Waals surface area contributed by atoms with Crippen LogP contribution in [0, 0.1) is 17.0 Å². The van der Waals surface area contributed by atoms with Gasteiger partial charge in [0.25, 0.3) is 11.6 Å². The van der Waals surface area contributed by atoms with Crippen LogP contribution in [0.3, 0.4) is 0 Å². The number of carbonyl (C=O) groups is 1. The van der Waals surface area contributed by atoms with Crippen LogP contribution in [-0.4, -0.2) is 15.8 Å². The topological polar surface area (TPSA) is 112 Å². The predicted molar refractivity (Wildman–Crippen MR) is 85.2 cm³/mol. The molecule has 0 aliphatic rings. The first-order valence-electron chi connectivity index (χ1n) is 6.57. The maximum atomic E-state index is 11.2. The van der Waals surface area contributed by atoms with Crippen molar-refractivity contribution in [2.75, 3.05) is 0 Å². The van der Waals surface area contributed by atoms with Gasteiger partial charge in [-0.3, -0.25) is 14.9 Å². The molecule has 7 nitrogen and oxygen atoms in total. The summed E-state index contributed by atoms with van der Waals surface area (Å²) in [6.45, 7) is 1.70. The number of benzene rings is 1. The number of aromatic nitrogens is 1. The van der Waals surface area contributed by atoms with Crippen LogP contribution < -0.4 is 5.73 Å². The lowest BCUT2D eigenvalue weighted by molar-refractivity contribution is -0.384. The highest BCUT2D eigenvalue weighted by molar-refractivity contribution is 7.13. The molecule has 0 saturated carbocycles. The number of aryl methyl sites for hydroxylation is 1. The maximum Gasteiger partial charge on any atom is 0.284 e. The van der Waals surface area contributed by atoms with E-state index in [1.165, 1.54) is 23.5 Å². The zero-order valence-electron chi connectivity index (χ0n) is 12.0. The van der Waals surface area contributed by atoms with Gasteiger partial charge in [-0.25, -0.2) is 4.98 Å². The number of amides is 1. The standard InChI is InChI=1S/C15H11N3O4S/c1-8-10(6-13(22-8)14(16)19)11-7-23-15(17-11)9-4-2-3-5-12(9)18(20)21/h2-7H,1H3,(H2,16,19). The van der Waals surface area contributed by atoms with Gasteiger partial charge in [0.15, 0.2) is 5.76 Å². The highest BCUT2D eigenvalue weighted by Gasteiger charge is 2.20. The summed E-state index contributed by atoms with van der Waals surface area (Å²) in [6.07, 6.45) is 0. The molecule has 23 heavy (non-hydrogen) atoms. The number of nitro benzene ring substituents is 1. The molecular weight excluding hydrogens is 318 g/mol. The second-order valence-electron chi connectivity index (χ2n) is 4.76. The quantitative estimate of drug-likeness (QED) is 0.582. The Hall–Kier alpha value is -3.00. The molecule has 0 bridgehead atoms. The first-order chi connectivity index (χ1) is 11.0. The highest BCUT2D eigenvalue weighted by atomic mass is 32.1. The Kier molecular flexibility index (Phi) is 3.67. The lowest BCUT2D eigenvalue weighted by Crippen LogP contribution is -2.09. The molecule has 8 heteroatoms. The first-order valence-corrected chi connectivity index (χ1v) is 7.45. The van der Waals surface area contributed by atoms with Crippen LogP contribution >= 0.6 is 11.3 Å². The van der Waals surface area contributed by atoms with Crippen LogP contribution in [0.5, 0.6) is 0 Å². The zero-order valence-corrected chi connectivity index (χ0v) is 12.8. The van der Waals surface area contributed by atoms with Crippen LogP contribution in [0.1, 0.15) is 16.3 Å². The number of nitrogens with zero attached hydrogens (tertiary/aromatic N) is 2. The van der Waals surface area contributed by atoms with Crippen LogP contribution in [-0.2, 0) is 0 Å². The lowest BCUT2D eigenvalue weighted by Gasteiger charge is -1.98. The van der Waals surface area contributed by atoms with Crippen LogP contribution in [0.25, 0.3) is 21.8 Å². The van der Waals surface area contributed by atoms with E-state index in [-0.39, 0.29) is 11.4 Å². The Morgan fingerprint density at radius 2 is 2.09 bits per heavy atom. The summed E-state index contributed by atoms with van der Waals surface area (Å²) in [5.41, 5.74) is 6.86. The normalized spacial score (nSPS) is 10.7. The summed E-state index contributed by atoms with van der Waals surface area (Å²) in [4.78, 5) is 26.3. The zero-order chi connectivity index (χ0) is 16.6. The Bertz CT molecular complexity index is 913. The van der Waals surface area contributed by atoms with Crippen molar-refractivity contribution in [3.05, 3.63) is 57.3 Å². The minimum absolute atomic E-state index is 0.00450. The van der Waals surface area contributed by atoms with E-state index in [0.29, 0.717) is 27.6 Å². The molecule has 0 saturated heterocycles. The number of primary amides is 1. The van der Waals surface area contributed by atoms with Crippen LogP contribution in [0.2, 0.25) is 0 Å². The van der Waals surface area contributed by atoms with Crippen molar-refractivity contribution in [1.29, 1.82) is 0 Å². The highest BCUT2D eigenvalue weighted by Crippen LogP contribution is 2.35. The van der Waals surface area contributed by atoms with Gasteiger partial charge < -0.3 is 10.2 Å². The molecule has 3 aromatic rings. The molecule has 0 atom stereocenters. The van der Waals surface area contributed by atoms with E-state index < -0.39 is 10.8 Å². The Morgan fingerprint density at radius 3 is 2.74 bits per heavy atom. The maximum absolute atomic E-state index is 11.2. The summed E-state index contributed by atoms with van der Waals surface area (Å²) in [7, 11) is 0. The number of carbonyl (C=O) groups excluding carboxylic acids is 1. The fourth-order valence-electron chi connectivity index (χ4n) is 2.19. The SMILES string of the molecule is Cc1oc(C(N)=O)cc1-c1csc(-c2ccccc2[N+](=O)[O-])n1. The van der Waals surface area contributed by atoms with Crippen molar-refractivity contribution in [1.82, 2.24) is 4.98 Å². The van der Waals surface area contributed by atoms with E-state index >= 15 is 0 Å². The third kappa shape index (κ3) is 2.71. The fraction of sp³-hybridized carbons (Fsp3) is 0.0667. The van der Waals surface area contributed by atoms with E-state index in [2.05, 4.69) is 4.98 Å². The molecule has 0 spiro atoms. The van der Waals surface area contributed by atoms with E-state index in [4.69, 9.17) is 10.2 Å². The number of para-hydroxylation sites is 1. The van der Waals surface area contributed by atoms with Crippen molar-refractivity contribution in [2.24, 2.45) is 5.73 Å². The second-order valence-corrected chi connectivity index (χ2v) is 5.62. The molecule has 0 fully saturated rings. The third-order valence-corrected chi connectivity index (χ3v) is 4.15. The fourth-order valence-corrected chi connectivity index (χ4v) is 3.05. The van der Waals surface area contributed by atoms with Crippen LogP contribution in [0.15, 0.2) is 40.1 Å². The molecule has 1 amide bonds. The minimum Gasteiger partial charge on any atom is -0.456 e. The average Bonchev–Trinajstić information content (AvgIpc) is 3.13. The van der Waals surface area contributed by atoms with Gasteiger partial charge in [-0.05, 0) is 19.1 Å². The second kappa shape index (κ2) is 5.65. The number of nitro groups is 1. The van der Waals surface area contributed by atoms with Crippen molar-refractivity contribution in [3.8, 4) is 21.8 Å². The van der Waals surface area contributed by atoms with E-state index in [9.17, 15) is 14.9 Å². The molecule has 116 valence electrons. The minimum atomic E-state index is -0.659. The summed E-state index contributed by atoms with van der Waals surface area (Å²) in [5.74, 6) is -0.0931. The van der Waals surface area contributed by atoms with Gasteiger partial charge in [0.2, 0.25) is 0 Å². The van der Waals surface area contributed by atoms with E-state index in [0.717, 1.165) is 0 Å². The number of thiazole rings is 1. The molecule has 2 aromatic heterocycles. The van der Waals surface area contributed by atoms with Gasteiger partial charge in [0, 0.05) is 17.0 Å². The number of rotatable bonds is 4. The Labute approximate surface area is 134 Å². The van der Waals surface area contributed by atoms with Gasteiger partial charge in [-0.1, -0.05) is 12.1 Å². The van der Waals surface area contributed by atoms with Gasteiger partial charge in [0.05, 0.1) is 16.2 Å². The van der Waals surface area contributed by atoms with Gasteiger partial charge in [0.1, 0.15) is 10.8 Å². The van der Waals surface area contributed by atoms with Crippen molar-refractivity contribution in [3.63, 3.8) is 0 Å². The van der Waals surface area contributed by atoms with E-state index in [1.54, 1.807) is 30.5 Å². The molecule has 2 heterocycles. The average molecular weight is 329 g/mol. The monoisotopic (exact) mass is 329 g/mol. The summed E-state index contributed by atoms with van der Waals surface area (Å²) in [5, 5.41) is 13.4. The molecule has 3 rings (SSSR count). The smallest absolute Gasteiger partial charge is 0.284 e. The molecule has 0 aliphatic heterocycles. The Morgan fingerprint density at radius 1 is 1.35 bits per heavy atom. The summed E-state index contributed by atoms with van der Waals surface area (Å²) >= 11 is 1.28. The summed E-state index contributed by atoms with van der Waals surface area (Å²) in [6, 6.07) is 7.94. The predicted octanol–water partition coefficient (Wildman–Crippen LogP) is 3.39. The van der Waals surface area contributed by atoms with Gasteiger partial charge in [-0.2, -0.15) is 0 Å². The van der Waals surface area contributed by atoms with E-state index in [1.807, 2.05) is 0 Å². The summed E-state index contributed by atoms with van der Waals surface area (Å²) < 4.78 is 5.29. The molecule has 2 N–H and O–H groups in total. The van der Waals surface area contributed by atoms with Crippen molar-refractivity contribution in [2.45, 2.75) is 6.92 Å². The Balaban J connectivity index is 2.05. The molecule has 0 unspecified atom stereocenters. The number of hydrogen-bond donors (Lipinski definition) is 1. The molecule has 1 aromatic carbocycles. The molecular formula is C15H11N3O4S. The number of nitrogens with two attached hydrogens (primary N) is 1. The third-order valence-electron chi connectivity index (χ3n) is 3.27. The van der Waals surface area contributed by atoms with Gasteiger partial charge >= 0.3 is 0 Å². The van der Waals surface area contributed by atoms with Crippen LogP contribution in [0.4, 0.5) is 5.69 Å². The van der Waals surface area contributed by atoms with Crippen molar-refractivity contribution < 1.29 is 14.1 Å². The molecule has 0 aliphatic carbocycles. The first kappa shape index (κ1) is 14.9.